The van der Waals surface area contributed by atoms with Gasteiger partial charge in [0.2, 0.25) is 0 Å². The van der Waals surface area contributed by atoms with E-state index in [9.17, 15) is 20.1 Å². The van der Waals surface area contributed by atoms with E-state index in [1.54, 1.807) is 12.1 Å². The molecule has 0 bridgehead atoms. The molecule has 9 nitrogen and oxygen atoms in total. The van der Waals surface area contributed by atoms with Crippen LogP contribution >= 0.6 is 46.4 Å². The van der Waals surface area contributed by atoms with Crippen molar-refractivity contribution in [3.8, 4) is 11.5 Å². The quantitative estimate of drug-likeness (QED) is 0.171. The minimum atomic E-state index is -0.896. The number of benzene rings is 2. The minimum Gasteiger partial charge on any atom is -0.508 e. The summed E-state index contributed by atoms with van der Waals surface area (Å²) in [6.45, 7) is 6.65. The van der Waals surface area contributed by atoms with E-state index in [0.29, 0.717) is 52.2 Å². The first-order valence-electron chi connectivity index (χ1n) is 15.9. The number of carbonyl (C=O) groups is 1. The van der Waals surface area contributed by atoms with Crippen molar-refractivity contribution in [1.29, 1.82) is 0 Å². The van der Waals surface area contributed by atoms with Crippen molar-refractivity contribution in [1.82, 2.24) is 14.7 Å². The second-order valence-corrected chi connectivity index (χ2v) is 15.0. The van der Waals surface area contributed by atoms with Gasteiger partial charge in [-0.1, -0.05) is 46.4 Å². The van der Waals surface area contributed by atoms with Crippen LogP contribution in [-0.4, -0.2) is 101 Å². The second-order valence-electron chi connectivity index (χ2n) is 13.4. The summed E-state index contributed by atoms with van der Waals surface area (Å²) in [5, 5.41) is 33.3. The molecule has 256 valence electrons. The molecule has 0 aliphatic carbocycles. The molecule has 2 aromatic rings. The number of nitrogens with zero attached hydrogens (tertiary/aromatic N) is 3. The van der Waals surface area contributed by atoms with Gasteiger partial charge in [-0.25, -0.2) is 0 Å². The lowest BCUT2D eigenvalue weighted by Crippen LogP contribution is -2.50. The molecule has 2 aliphatic rings. The first kappa shape index (κ1) is 37.4. The topological polar surface area (TPSA) is 140 Å². The Labute approximate surface area is 292 Å². The van der Waals surface area contributed by atoms with Gasteiger partial charge in [0.05, 0.1) is 31.7 Å². The molecule has 2 aliphatic heterocycles. The molecule has 2 fully saturated rings. The number of hydrogen-bond donors (Lipinski definition) is 5. The summed E-state index contributed by atoms with van der Waals surface area (Å²) in [6.07, 6.45) is 4.84. The highest BCUT2D eigenvalue weighted by Gasteiger charge is 2.33. The highest BCUT2D eigenvalue weighted by Crippen LogP contribution is 2.39. The van der Waals surface area contributed by atoms with Gasteiger partial charge in [-0.05, 0) is 96.2 Å². The maximum absolute atomic E-state index is 12.1. The molecule has 7 N–H and O–H groups in total. The number of phenolic OH excluding ortho intramolecular Hbond substituents is 2. The highest BCUT2D eigenvalue weighted by molar-refractivity contribution is 6.42. The highest BCUT2D eigenvalue weighted by atomic mass is 35.5. The molecule has 0 aromatic heterocycles. The maximum atomic E-state index is 12.1. The number of likely N-dealkylation sites (tertiary alicyclic amines) is 2. The third-order valence-electron chi connectivity index (χ3n) is 9.80. The Kier molecular flexibility index (Phi) is 13.3. The van der Waals surface area contributed by atoms with Crippen LogP contribution in [0.3, 0.4) is 0 Å². The molecule has 0 spiro atoms. The van der Waals surface area contributed by atoms with E-state index in [1.807, 2.05) is 14.0 Å². The first-order chi connectivity index (χ1) is 21.7. The van der Waals surface area contributed by atoms with Crippen LogP contribution in [-0.2, 0) is 4.79 Å². The SMILES string of the molecule is CN(CCC(C)(O)CN1CCC(C(N)c2cc(Cl)c(Cl)cc2O)CC1)CC(C=O)N1CCC(C(N)c2cc(Cl)c(Cl)cc2O)CC1. The van der Waals surface area contributed by atoms with Gasteiger partial charge in [0.25, 0.3) is 0 Å². The average molecular weight is 720 g/mol. The van der Waals surface area contributed by atoms with Gasteiger partial charge < -0.3 is 41.4 Å². The number of piperidine rings is 2. The Hall–Kier alpha value is -1.37. The van der Waals surface area contributed by atoms with Crippen LogP contribution in [0.2, 0.25) is 20.1 Å². The number of carbonyl (C=O) groups excluding carboxylic acids is 1. The van der Waals surface area contributed by atoms with Gasteiger partial charge in [-0.2, -0.15) is 0 Å². The summed E-state index contributed by atoms with van der Waals surface area (Å²) in [5.41, 5.74) is 13.3. The number of aldehydes is 1. The van der Waals surface area contributed by atoms with E-state index in [1.165, 1.54) is 12.1 Å². The number of likely N-dealkylation sites (N-methyl/N-ethyl adjacent to an activating group) is 1. The number of β-amino-alcohol motifs (C(OH)–C–C–N with tert-alkyl or cyclic N) is 1. The van der Waals surface area contributed by atoms with Crippen LogP contribution < -0.4 is 11.5 Å². The van der Waals surface area contributed by atoms with Crippen molar-refractivity contribution < 1.29 is 20.1 Å². The third-order valence-corrected chi connectivity index (χ3v) is 11.2. The van der Waals surface area contributed by atoms with Crippen LogP contribution in [0.1, 0.15) is 62.2 Å². The number of rotatable bonds is 13. The predicted octanol–water partition coefficient (Wildman–Crippen LogP) is 5.48. The maximum Gasteiger partial charge on any atom is 0.138 e. The molecule has 13 heteroatoms. The molecule has 0 radical (unpaired) electrons. The fraction of sp³-hybridized carbons (Fsp3) is 0.606. The monoisotopic (exact) mass is 717 g/mol. The minimum absolute atomic E-state index is 0.0438. The number of aliphatic hydroxyl groups is 1. The van der Waals surface area contributed by atoms with Crippen LogP contribution in [0.5, 0.6) is 11.5 Å². The number of aromatic hydroxyl groups is 2. The fourth-order valence-corrected chi connectivity index (χ4v) is 7.53. The van der Waals surface area contributed by atoms with Gasteiger partial charge in [-0.15, -0.1) is 0 Å². The van der Waals surface area contributed by atoms with Crippen molar-refractivity contribution in [2.45, 2.75) is 62.8 Å². The zero-order valence-electron chi connectivity index (χ0n) is 26.5. The first-order valence-corrected chi connectivity index (χ1v) is 17.4. The van der Waals surface area contributed by atoms with E-state index < -0.39 is 5.60 Å². The summed E-state index contributed by atoms with van der Waals surface area (Å²) >= 11 is 24.4. The van der Waals surface area contributed by atoms with E-state index in [4.69, 9.17) is 57.9 Å². The van der Waals surface area contributed by atoms with Gasteiger partial charge >= 0.3 is 0 Å². The average Bonchev–Trinajstić information content (AvgIpc) is 3.02. The number of nitrogens with two attached hydrogens (primary N) is 2. The summed E-state index contributed by atoms with van der Waals surface area (Å²) < 4.78 is 0. The Morgan fingerprint density at radius 3 is 1.76 bits per heavy atom. The van der Waals surface area contributed by atoms with E-state index in [0.717, 1.165) is 58.1 Å². The normalized spacial score (nSPS) is 20.8. The molecule has 2 saturated heterocycles. The van der Waals surface area contributed by atoms with Crippen molar-refractivity contribution in [2.75, 3.05) is 52.9 Å². The summed E-state index contributed by atoms with van der Waals surface area (Å²) in [6, 6.07) is 5.16. The van der Waals surface area contributed by atoms with Crippen molar-refractivity contribution in [3.63, 3.8) is 0 Å². The smallest absolute Gasteiger partial charge is 0.138 e. The number of hydrogen-bond acceptors (Lipinski definition) is 9. The standard InChI is InChI=1S/C33H47Cl4N5O4/c1-33(46,19-41-8-3-20(4-9-41)31(38)23-13-25(34)27(36)15-29(23)44)7-12-40(2)17-22(18-43)42-10-5-21(6-11-42)32(39)24-14-26(35)28(37)16-30(24)45/h13-16,18,20-22,31-32,44-46H,3-12,17,19,38-39H2,1-2H3. The molecule has 2 heterocycles. The van der Waals surface area contributed by atoms with Crippen molar-refractivity contribution in [2.24, 2.45) is 23.3 Å². The molecule has 0 amide bonds. The molecule has 46 heavy (non-hydrogen) atoms. The predicted molar refractivity (Wildman–Crippen MR) is 186 cm³/mol. The molecular weight excluding hydrogens is 672 g/mol. The lowest BCUT2D eigenvalue weighted by atomic mass is 9.85. The molecular formula is C33H47Cl4N5O4. The summed E-state index contributed by atoms with van der Waals surface area (Å²) in [7, 11) is 1.98. The summed E-state index contributed by atoms with van der Waals surface area (Å²) in [4.78, 5) is 18.7. The number of phenols is 2. The largest absolute Gasteiger partial charge is 0.508 e. The Morgan fingerprint density at radius 1 is 0.870 bits per heavy atom. The molecule has 4 atom stereocenters. The van der Waals surface area contributed by atoms with Gasteiger partial charge in [0, 0.05) is 55.0 Å². The summed E-state index contributed by atoms with van der Waals surface area (Å²) in [5.74, 6) is 0.424. The van der Waals surface area contributed by atoms with Crippen LogP contribution in [0.25, 0.3) is 0 Å². The molecule has 4 rings (SSSR count). The van der Waals surface area contributed by atoms with Gasteiger partial charge in [-0.3, -0.25) is 4.90 Å². The second kappa shape index (κ2) is 16.4. The van der Waals surface area contributed by atoms with Gasteiger partial charge in [0.1, 0.15) is 17.8 Å². The van der Waals surface area contributed by atoms with Crippen LogP contribution in [0.15, 0.2) is 24.3 Å². The van der Waals surface area contributed by atoms with E-state index in [2.05, 4.69) is 14.7 Å². The third kappa shape index (κ3) is 9.62. The van der Waals surface area contributed by atoms with E-state index in [-0.39, 0.29) is 46.5 Å². The van der Waals surface area contributed by atoms with Crippen LogP contribution in [0.4, 0.5) is 0 Å². The lowest BCUT2D eigenvalue weighted by molar-refractivity contribution is -0.113. The molecule has 4 unspecified atom stereocenters. The Morgan fingerprint density at radius 2 is 1.30 bits per heavy atom. The van der Waals surface area contributed by atoms with E-state index >= 15 is 0 Å². The fourth-order valence-electron chi connectivity index (χ4n) is 6.87. The zero-order chi connectivity index (χ0) is 33.8. The Balaban J connectivity index is 1.20. The molecule has 2 aromatic carbocycles. The Bertz CT molecular complexity index is 1340. The number of halogens is 4. The van der Waals surface area contributed by atoms with Crippen molar-refractivity contribution >= 4 is 52.7 Å². The van der Waals surface area contributed by atoms with Crippen LogP contribution in [0, 0.1) is 11.8 Å². The van der Waals surface area contributed by atoms with Gasteiger partial charge in [0.15, 0.2) is 0 Å². The lowest BCUT2D eigenvalue weighted by Gasteiger charge is -2.40. The van der Waals surface area contributed by atoms with Crippen molar-refractivity contribution in [3.05, 3.63) is 55.5 Å². The molecule has 0 saturated carbocycles. The zero-order valence-corrected chi connectivity index (χ0v) is 29.5.